The molecule has 3 N–H and O–H groups in total. The van der Waals surface area contributed by atoms with Crippen LogP contribution in [0.15, 0.2) is 23.2 Å². The Morgan fingerprint density at radius 1 is 1.30 bits per heavy atom. The van der Waals surface area contributed by atoms with E-state index in [-0.39, 0.29) is 24.0 Å². The van der Waals surface area contributed by atoms with E-state index >= 15 is 0 Å². The molecule has 114 valence electrons. The summed E-state index contributed by atoms with van der Waals surface area (Å²) in [6.45, 7) is 3.45. The number of methoxy groups -OCH3 is 2. The molecule has 5 nitrogen and oxygen atoms in total. The van der Waals surface area contributed by atoms with Gasteiger partial charge in [0.1, 0.15) is 0 Å². The van der Waals surface area contributed by atoms with Gasteiger partial charge in [-0.25, -0.2) is 4.99 Å². The summed E-state index contributed by atoms with van der Waals surface area (Å²) in [6.07, 6.45) is 2.21. The molecule has 0 saturated carbocycles. The minimum Gasteiger partial charge on any atom is -0.493 e. The van der Waals surface area contributed by atoms with E-state index in [1.54, 1.807) is 14.2 Å². The van der Waals surface area contributed by atoms with Crippen molar-refractivity contribution in [2.75, 3.05) is 20.8 Å². The van der Waals surface area contributed by atoms with Crippen molar-refractivity contribution in [2.24, 2.45) is 10.7 Å². The van der Waals surface area contributed by atoms with E-state index in [1.807, 2.05) is 18.2 Å². The van der Waals surface area contributed by atoms with Gasteiger partial charge in [-0.1, -0.05) is 25.5 Å². The number of para-hydroxylation sites is 1. The minimum atomic E-state index is 0. The number of ether oxygens (including phenoxy) is 2. The molecule has 6 heteroatoms. The molecule has 1 aromatic rings. The number of guanidine groups is 1. The van der Waals surface area contributed by atoms with Crippen LogP contribution < -0.4 is 20.5 Å². The SMILES string of the molecule is CCCCNC(N)=NCc1cccc(OC)c1OC.I. The monoisotopic (exact) mass is 393 g/mol. The summed E-state index contributed by atoms with van der Waals surface area (Å²) in [5.41, 5.74) is 6.74. The normalized spacial score (nSPS) is 10.7. The first kappa shape index (κ1) is 18.8. The van der Waals surface area contributed by atoms with E-state index in [2.05, 4.69) is 17.2 Å². The first-order valence-electron chi connectivity index (χ1n) is 6.46. The maximum atomic E-state index is 5.79. The Morgan fingerprint density at radius 3 is 2.65 bits per heavy atom. The van der Waals surface area contributed by atoms with Crippen molar-refractivity contribution in [3.63, 3.8) is 0 Å². The van der Waals surface area contributed by atoms with Crippen molar-refractivity contribution in [3.8, 4) is 11.5 Å². The van der Waals surface area contributed by atoms with Crippen LogP contribution in [0.5, 0.6) is 11.5 Å². The lowest BCUT2D eigenvalue weighted by atomic mass is 10.2. The van der Waals surface area contributed by atoms with Crippen LogP contribution in [0.2, 0.25) is 0 Å². The molecule has 0 aromatic heterocycles. The number of unbranched alkanes of at least 4 members (excludes halogenated alkanes) is 1. The van der Waals surface area contributed by atoms with Crippen LogP contribution in [-0.4, -0.2) is 26.7 Å². The molecular formula is C14H24IN3O2. The molecule has 0 heterocycles. The van der Waals surface area contributed by atoms with Gasteiger partial charge in [0.25, 0.3) is 0 Å². The third-order valence-corrected chi connectivity index (χ3v) is 2.74. The molecule has 1 rings (SSSR count). The molecule has 0 atom stereocenters. The van der Waals surface area contributed by atoms with Gasteiger partial charge in [-0.3, -0.25) is 0 Å². The molecule has 0 bridgehead atoms. The van der Waals surface area contributed by atoms with E-state index in [0.29, 0.717) is 24.0 Å². The first-order chi connectivity index (χ1) is 9.22. The average molecular weight is 393 g/mol. The smallest absolute Gasteiger partial charge is 0.188 e. The van der Waals surface area contributed by atoms with Gasteiger partial charge in [0.2, 0.25) is 0 Å². The molecule has 0 aliphatic rings. The fraction of sp³-hybridized carbons (Fsp3) is 0.500. The van der Waals surface area contributed by atoms with Crippen molar-refractivity contribution in [1.82, 2.24) is 5.32 Å². The third kappa shape index (κ3) is 5.85. The molecule has 20 heavy (non-hydrogen) atoms. The van der Waals surface area contributed by atoms with Gasteiger partial charge >= 0.3 is 0 Å². The van der Waals surface area contributed by atoms with E-state index in [0.717, 1.165) is 24.9 Å². The van der Waals surface area contributed by atoms with E-state index in [1.165, 1.54) is 0 Å². The Kier molecular flexibility index (Phi) is 9.96. The molecule has 1 aromatic carbocycles. The highest BCUT2D eigenvalue weighted by Crippen LogP contribution is 2.30. The topological polar surface area (TPSA) is 68.9 Å². The maximum Gasteiger partial charge on any atom is 0.188 e. The number of rotatable bonds is 7. The van der Waals surface area contributed by atoms with Crippen LogP contribution in [0.25, 0.3) is 0 Å². The summed E-state index contributed by atoms with van der Waals surface area (Å²) in [6, 6.07) is 5.71. The fourth-order valence-electron chi connectivity index (χ4n) is 1.70. The lowest BCUT2D eigenvalue weighted by Crippen LogP contribution is -2.32. The molecule has 0 unspecified atom stereocenters. The van der Waals surface area contributed by atoms with E-state index in [4.69, 9.17) is 15.2 Å². The van der Waals surface area contributed by atoms with Gasteiger partial charge in [-0.15, -0.1) is 24.0 Å². The van der Waals surface area contributed by atoms with Crippen molar-refractivity contribution >= 4 is 29.9 Å². The standard InChI is InChI=1S/C14H23N3O2.HI/c1-4-5-9-16-14(15)17-10-11-7-6-8-12(18-2)13(11)19-3;/h6-8H,4-5,9-10H2,1-3H3,(H3,15,16,17);1H. The van der Waals surface area contributed by atoms with Crippen LogP contribution in [0.4, 0.5) is 0 Å². The van der Waals surface area contributed by atoms with Gasteiger partial charge < -0.3 is 20.5 Å². The maximum absolute atomic E-state index is 5.79. The number of halogens is 1. The average Bonchev–Trinajstić information content (AvgIpc) is 2.44. The number of aliphatic imine (C=N–C) groups is 1. The second-order valence-electron chi connectivity index (χ2n) is 4.13. The second kappa shape index (κ2) is 10.6. The van der Waals surface area contributed by atoms with Gasteiger partial charge in [-0.05, 0) is 12.5 Å². The Bertz CT molecular complexity index is 425. The Balaban J connectivity index is 0.00000361. The van der Waals surface area contributed by atoms with Crippen LogP contribution in [-0.2, 0) is 6.54 Å². The van der Waals surface area contributed by atoms with Crippen molar-refractivity contribution in [2.45, 2.75) is 26.3 Å². The Morgan fingerprint density at radius 2 is 2.05 bits per heavy atom. The summed E-state index contributed by atoms with van der Waals surface area (Å²) in [5.74, 6) is 1.86. The zero-order valence-electron chi connectivity index (χ0n) is 12.3. The third-order valence-electron chi connectivity index (χ3n) is 2.74. The quantitative estimate of drug-likeness (QED) is 0.323. The van der Waals surface area contributed by atoms with E-state index in [9.17, 15) is 0 Å². The van der Waals surface area contributed by atoms with Crippen molar-refractivity contribution < 1.29 is 9.47 Å². The van der Waals surface area contributed by atoms with Crippen LogP contribution in [0.3, 0.4) is 0 Å². The lowest BCUT2D eigenvalue weighted by Gasteiger charge is -2.11. The molecule has 0 amide bonds. The summed E-state index contributed by atoms with van der Waals surface area (Å²) in [7, 11) is 3.24. The first-order valence-corrected chi connectivity index (χ1v) is 6.46. The zero-order valence-corrected chi connectivity index (χ0v) is 14.6. The highest BCUT2D eigenvalue weighted by atomic mass is 127. The van der Waals surface area contributed by atoms with Gasteiger partial charge in [0.15, 0.2) is 17.5 Å². The molecule has 0 radical (unpaired) electrons. The predicted molar refractivity (Wildman–Crippen MR) is 93.2 cm³/mol. The summed E-state index contributed by atoms with van der Waals surface area (Å²) < 4.78 is 10.6. The number of nitrogens with one attached hydrogen (secondary N) is 1. The van der Waals surface area contributed by atoms with Crippen LogP contribution in [0, 0.1) is 0 Å². The highest BCUT2D eigenvalue weighted by Gasteiger charge is 2.08. The molecule has 0 saturated heterocycles. The summed E-state index contributed by atoms with van der Waals surface area (Å²) >= 11 is 0. The van der Waals surface area contributed by atoms with Gasteiger partial charge in [-0.2, -0.15) is 0 Å². The molecule has 0 aliphatic carbocycles. The molecule has 0 spiro atoms. The van der Waals surface area contributed by atoms with Gasteiger partial charge in [0, 0.05) is 12.1 Å². The summed E-state index contributed by atoms with van der Waals surface area (Å²) in [5, 5.41) is 3.08. The Labute approximate surface area is 138 Å². The molecule has 0 aliphatic heterocycles. The van der Waals surface area contributed by atoms with Crippen molar-refractivity contribution in [1.29, 1.82) is 0 Å². The Hall–Kier alpha value is -1.18. The lowest BCUT2D eigenvalue weighted by molar-refractivity contribution is 0.352. The number of hydrogen-bond donors (Lipinski definition) is 2. The summed E-state index contributed by atoms with van der Waals surface area (Å²) in [4.78, 5) is 4.30. The predicted octanol–water partition coefficient (Wildman–Crippen LogP) is 2.53. The fourth-order valence-corrected chi connectivity index (χ4v) is 1.70. The van der Waals surface area contributed by atoms with Gasteiger partial charge in [0.05, 0.1) is 20.8 Å². The number of nitrogens with two attached hydrogens (primary N) is 1. The van der Waals surface area contributed by atoms with Crippen LogP contribution in [0.1, 0.15) is 25.3 Å². The van der Waals surface area contributed by atoms with E-state index < -0.39 is 0 Å². The van der Waals surface area contributed by atoms with Crippen LogP contribution >= 0.6 is 24.0 Å². The second-order valence-corrected chi connectivity index (χ2v) is 4.13. The number of benzene rings is 1. The zero-order chi connectivity index (χ0) is 14.1. The van der Waals surface area contributed by atoms with Crippen molar-refractivity contribution in [3.05, 3.63) is 23.8 Å². The number of hydrogen-bond acceptors (Lipinski definition) is 3. The largest absolute Gasteiger partial charge is 0.493 e. The minimum absolute atomic E-state index is 0. The molecule has 0 fully saturated rings. The molecular weight excluding hydrogens is 369 g/mol. The highest BCUT2D eigenvalue weighted by molar-refractivity contribution is 14.0. The number of nitrogens with zero attached hydrogens (tertiary/aromatic N) is 1.